The van der Waals surface area contributed by atoms with Gasteiger partial charge in [0, 0.05) is 12.0 Å². The first-order valence-electron chi connectivity index (χ1n) is 6.74. The number of benzene rings is 1. The number of carbonyl (C=O) groups excluding carboxylic acids is 1. The molecule has 1 aromatic carbocycles. The molecule has 5 heteroatoms. The molecule has 2 N–H and O–H groups in total. The van der Waals surface area contributed by atoms with Crippen molar-refractivity contribution in [2.75, 3.05) is 27.4 Å². The van der Waals surface area contributed by atoms with Gasteiger partial charge in [-0.15, -0.1) is 0 Å². The van der Waals surface area contributed by atoms with Gasteiger partial charge in [0.1, 0.15) is 5.56 Å². The third-order valence-electron chi connectivity index (χ3n) is 3.97. The van der Waals surface area contributed by atoms with Crippen molar-refractivity contribution in [2.45, 2.75) is 19.3 Å². The van der Waals surface area contributed by atoms with E-state index in [-0.39, 0.29) is 5.41 Å². The Morgan fingerprint density at radius 1 is 1.35 bits per heavy atom. The quantitative estimate of drug-likeness (QED) is 0.806. The monoisotopic (exact) mass is 279 g/mol. The molecule has 2 rings (SSSR count). The summed E-state index contributed by atoms with van der Waals surface area (Å²) < 4.78 is 15.9. The predicted octanol–water partition coefficient (Wildman–Crippen LogP) is 1.99. The number of methoxy groups -OCH3 is 2. The molecule has 20 heavy (non-hydrogen) atoms. The summed E-state index contributed by atoms with van der Waals surface area (Å²) >= 11 is 0. The zero-order valence-electron chi connectivity index (χ0n) is 12.0. The Balaban J connectivity index is 2.22. The molecule has 0 radical (unpaired) electrons. The summed E-state index contributed by atoms with van der Waals surface area (Å²) in [6.45, 7) is 1.09. The van der Waals surface area contributed by atoms with Gasteiger partial charge in [-0.2, -0.15) is 0 Å². The first kappa shape index (κ1) is 14.7. The van der Waals surface area contributed by atoms with Gasteiger partial charge < -0.3 is 19.9 Å². The maximum atomic E-state index is 11.8. The number of hydrogen-bond donors (Lipinski definition) is 1. The van der Waals surface area contributed by atoms with E-state index < -0.39 is 5.97 Å². The highest BCUT2D eigenvalue weighted by atomic mass is 16.5. The molecule has 0 saturated heterocycles. The van der Waals surface area contributed by atoms with Crippen molar-refractivity contribution in [3.8, 4) is 11.5 Å². The van der Waals surface area contributed by atoms with Gasteiger partial charge >= 0.3 is 5.97 Å². The molecule has 5 nitrogen and oxygen atoms in total. The Labute approximate surface area is 119 Å². The highest BCUT2D eigenvalue weighted by Crippen LogP contribution is 2.41. The van der Waals surface area contributed by atoms with Crippen molar-refractivity contribution in [1.82, 2.24) is 0 Å². The third kappa shape index (κ3) is 2.72. The highest BCUT2D eigenvalue weighted by Gasteiger charge is 2.37. The molecule has 1 fully saturated rings. The van der Waals surface area contributed by atoms with Gasteiger partial charge in [-0.25, -0.2) is 4.79 Å². The molecule has 0 bridgehead atoms. The minimum atomic E-state index is -0.436. The molecule has 1 saturated carbocycles. The van der Waals surface area contributed by atoms with E-state index >= 15 is 0 Å². The molecule has 0 unspecified atom stereocenters. The fourth-order valence-electron chi connectivity index (χ4n) is 2.41. The van der Waals surface area contributed by atoms with Gasteiger partial charge in [-0.05, 0) is 25.0 Å². The topological polar surface area (TPSA) is 70.8 Å². The van der Waals surface area contributed by atoms with Crippen LogP contribution in [-0.4, -0.2) is 33.3 Å². The van der Waals surface area contributed by atoms with Crippen LogP contribution in [0.25, 0.3) is 0 Å². The second-order valence-corrected chi connectivity index (χ2v) is 5.17. The van der Waals surface area contributed by atoms with E-state index in [1.165, 1.54) is 13.5 Å². The molecular weight excluding hydrogens is 258 g/mol. The van der Waals surface area contributed by atoms with Crippen LogP contribution in [0.4, 0.5) is 0 Å². The molecule has 0 aromatic heterocycles. The molecule has 0 amide bonds. The van der Waals surface area contributed by atoms with Gasteiger partial charge in [0.15, 0.2) is 11.5 Å². The number of para-hydroxylation sites is 1. The maximum Gasteiger partial charge on any atom is 0.341 e. The summed E-state index contributed by atoms with van der Waals surface area (Å²) in [6.07, 6.45) is 3.30. The second-order valence-electron chi connectivity index (χ2n) is 5.17. The zero-order chi connectivity index (χ0) is 14.6. The van der Waals surface area contributed by atoms with Gasteiger partial charge in [-0.1, -0.05) is 12.5 Å². The Morgan fingerprint density at radius 2 is 2.10 bits per heavy atom. The Kier molecular flexibility index (Phi) is 4.49. The van der Waals surface area contributed by atoms with E-state index in [1.54, 1.807) is 25.3 Å². The van der Waals surface area contributed by atoms with Crippen molar-refractivity contribution >= 4 is 5.97 Å². The van der Waals surface area contributed by atoms with E-state index in [0.717, 1.165) is 12.8 Å². The number of rotatable bonds is 6. The van der Waals surface area contributed by atoms with E-state index in [9.17, 15) is 4.79 Å². The molecule has 0 spiro atoms. The number of ether oxygens (including phenoxy) is 3. The first-order chi connectivity index (χ1) is 9.65. The third-order valence-corrected chi connectivity index (χ3v) is 3.97. The van der Waals surface area contributed by atoms with Crippen LogP contribution in [0.2, 0.25) is 0 Å². The Bertz CT molecular complexity index is 477. The number of nitrogens with two attached hydrogens (primary N) is 1. The summed E-state index contributed by atoms with van der Waals surface area (Å²) in [5.41, 5.74) is 6.23. The lowest BCUT2D eigenvalue weighted by Gasteiger charge is -2.40. The standard InChI is InChI=1S/C15H21NO4/c1-18-12-6-3-5-11(14(17)19-2)13(12)20-10-15(9-16)7-4-8-15/h3,5-6H,4,7-10,16H2,1-2H3. The highest BCUT2D eigenvalue weighted by molar-refractivity contribution is 5.93. The number of esters is 1. The molecule has 0 atom stereocenters. The largest absolute Gasteiger partial charge is 0.493 e. The summed E-state index contributed by atoms with van der Waals surface area (Å²) in [4.78, 5) is 11.8. The first-order valence-corrected chi connectivity index (χ1v) is 6.74. The molecule has 0 heterocycles. The van der Waals surface area contributed by atoms with Crippen LogP contribution in [0.5, 0.6) is 11.5 Å². The van der Waals surface area contributed by atoms with Crippen LogP contribution in [0.3, 0.4) is 0 Å². The zero-order valence-corrected chi connectivity index (χ0v) is 12.0. The summed E-state index contributed by atoms with van der Waals surface area (Å²) in [6, 6.07) is 5.16. The van der Waals surface area contributed by atoms with Crippen LogP contribution in [-0.2, 0) is 4.74 Å². The lowest BCUT2D eigenvalue weighted by molar-refractivity contribution is 0.0548. The maximum absolute atomic E-state index is 11.8. The normalized spacial score (nSPS) is 16.1. The average molecular weight is 279 g/mol. The fourth-order valence-corrected chi connectivity index (χ4v) is 2.41. The van der Waals surface area contributed by atoms with Crippen LogP contribution >= 0.6 is 0 Å². The van der Waals surface area contributed by atoms with Gasteiger partial charge in [-0.3, -0.25) is 0 Å². The van der Waals surface area contributed by atoms with Crippen LogP contribution in [0.15, 0.2) is 18.2 Å². The van der Waals surface area contributed by atoms with Crippen molar-refractivity contribution < 1.29 is 19.0 Å². The van der Waals surface area contributed by atoms with Crippen LogP contribution < -0.4 is 15.2 Å². The molecule has 1 aromatic rings. The molecule has 110 valence electrons. The summed E-state index contributed by atoms with van der Waals surface area (Å²) in [5, 5.41) is 0. The lowest BCUT2D eigenvalue weighted by atomic mass is 9.69. The van der Waals surface area contributed by atoms with Gasteiger partial charge in [0.05, 0.1) is 20.8 Å². The van der Waals surface area contributed by atoms with Crippen LogP contribution in [0, 0.1) is 5.41 Å². The Morgan fingerprint density at radius 3 is 2.60 bits per heavy atom. The van der Waals surface area contributed by atoms with Gasteiger partial charge in [0.25, 0.3) is 0 Å². The minimum Gasteiger partial charge on any atom is -0.493 e. The predicted molar refractivity (Wildman–Crippen MR) is 75.2 cm³/mol. The smallest absolute Gasteiger partial charge is 0.341 e. The van der Waals surface area contributed by atoms with Crippen molar-refractivity contribution in [2.24, 2.45) is 11.1 Å². The van der Waals surface area contributed by atoms with Crippen molar-refractivity contribution in [3.05, 3.63) is 23.8 Å². The minimum absolute atomic E-state index is 0.0360. The Hall–Kier alpha value is -1.75. The van der Waals surface area contributed by atoms with E-state index in [1.807, 2.05) is 0 Å². The molecule has 1 aliphatic carbocycles. The molecule has 0 aliphatic heterocycles. The summed E-state index contributed by atoms with van der Waals surface area (Å²) in [5.74, 6) is 0.523. The fraction of sp³-hybridized carbons (Fsp3) is 0.533. The second kappa shape index (κ2) is 6.13. The number of carbonyl (C=O) groups is 1. The van der Waals surface area contributed by atoms with E-state index in [0.29, 0.717) is 30.2 Å². The average Bonchev–Trinajstić information content (AvgIpc) is 2.45. The van der Waals surface area contributed by atoms with Crippen molar-refractivity contribution in [3.63, 3.8) is 0 Å². The van der Waals surface area contributed by atoms with Crippen LogP contribution in [0.1, 0.15) is 29.6 Å². The number of hydrogen-bond acceptors (Lipinski definition) is 5. The SMILES string of the molecule is COC(=O)c1cccc(OC)c1OCC1(CN)CCC1. The van der Waals surface area contributed by atoms with Gasteiger partial charge in [0.2, 0.25) is 0 Å². The molecular formula is C15H21NO4. The van der Waals surface area contributed by atoms with E-state index in [2.05, 4.69) is 0 Å². The molecule has 1 aliphatic rings. The lowest BCUT2D eigenvalue weighted by Crippen LogP contribution is -2.42. The van der Waals surface area contributed by atoms with E-state index in [4.69, 9.17) is 19.9 Å². The summed E-state index contributed by atoms with van der Waals surface area (Å²) in [7, 11) is 2.89. The van der Waals surface area contributed by atoms with Crippen molar-refractivity contribution in [1.29, 1.82) is 0 Å².